The van der Waals surface area contributed by atoms with Crippen molar-refractivity contribution in [1.29, 1.82) is 0 Å². The largest absolute Gasteiger partial charge is 0.329 e. The monoisotopic (exact) mass is 260 g/mol. The van der Waals surface area contributed by atoms with E-state index in [0.29, 0.717) is 6.04 Å². The summed E-state index contributed by atoms with van der Waals surface area (Å²) in [6.07, 6.45) is 3.99. The maximum absolute atomic E-state index is 6.05. The number of hydrogen-bond acceptors (Lipinski definition) is 2. The van der Waals surface area contributed by atoms with Gasteiger partial charge in [-0.05, 0) is 62.4 Å². The van der Waals surface area contributed by atoms with E-state index in [2.05, 4.69) is 43.9 Å². The van der Waals surface area contributed by atoms with Crippen LogP contribution in [0, 0.1) is 19.8 Å². The molecule has 1 aromatic carbocycles. The summed E-state index contributed by atoms with van der Waals surface area (Å²) >= 11 is 0. The number of benzene rings is 1. The van der Waals surface area contributed by atoms with Gasteiger partial charge in [0.1, 0.15) is 0 Å². The minimum Gasteiger partial charge on any atom is -0.329 e. The minimum atomic E-state index is 0.400. The zero-order valence-corrected chi connectivity index (χ0v) is 12.7. The van der Waals surface area contributed by atoms with Gasteiger partial charge >= 0.3 is 0 Å². The Kier molecular flexibility index (Phi) is 5.00. The van der Waals surface area contributed by atoms with Crippen molar-refractivity contribution in [3.05, 3.63) is 34.9 Å². The number of piperidine rings is 1. The lowest BCUT2D eigenvalue weighted by atomic mass is 9.92. The Balaban J connectivity index is 2.09. The molecule has 2 heteroatoms. The van der Waals surface area contributed by atoms with Crippen molar-refractivity contribution < 1.29 is 0 Å². The van der Waals surface area contributed by atoms with Crippen molar-refractivity contribution in [3.8, 4) is 0 Å². The van der Waals surface area contributed by atoms with E-state index in [1.165, 1.54) is 49.0 Å². The molecule has 0 aliphatic carbocycles. The van der Waals surface area contributed by atoms with Gasteiger partial charge in [-0.3, -0.25) is 4.90 Å². The molecule has 0 saturated carbocycles. The van der Waals surface area contributed by atoms with Gasteiger partial charge in [0.2, 0.25) is 0 Å². The van der Waals surface area contributed by atoms with Crippen LogP contribution in [0.5, 0.6) is 0 Å². The van der Waals surface area contributed by atoms with Gasteiger partial charge < -0.3 is 5.73 Å². The van der Waals surface area contributed by atoms with Crippen LogP contribution in [0.3, 0.4) is 0 Å². The molecule has 1 aromatic rings. The highest BCUT2D eigenvalue weighted by atomic mass is 15.2. The summed E-state index contributed by atoms with van der Waals surface area (Å²) in [5.74, 6) is 0.925. The van der Waals surface area contributed by atoms with Crippen LogP contribution in [0.25, 0.3) is 0 Å². The molecule has 2 rings (SSSR count). The van der Waals surface area contributed by atoms with E-state index in [-0.39, 0.29) is 0 Å². The fourth-order valence-electron chi connectivity index (χ4n) is 3.14. The number of nitrogens with zero attached hydrogens (tertiary/aromatic N) is 1. The van der Waals surface area contributed by atoms with Gasteiger partial charge in [-0.2, -0.15) is 0 Å². The number of hydrogen-bond donors (Lipinski definition) is 1. The Hall–Kier alpha value is -0.860. The summed E-state index contributed by atoms with van der Waals surface area (Å²) in [4.78, 5) is 2.58. The standard InChI is InChI=1S/C17H28N2/c1-4-15-7-9-19(10-8-15)17(12-18)16-6-5-13(2)14(3)11-16/h5-6,11,15,17H,4,7-10,12,18H2,1-3H3. The zero-order chi connectivity index (χ0) is 13.8. The number of nitrogens with two attached hydrogens (primary N) is 1. The van der Waals surface area contributed by atoms with E-state index in [0.717, 1.165) is 12.5 Å². The predicted octanol–water partition coefficient (Wildman–Crippen LogP) is 3.43. The Labute approximate surface area is 118 Å². The van der Waals surface area contributed by atoms with Crippen LogP contribution in [-0.4, -0.2) is 24.5 Å². The average molecular weight is 260 g/mol. The first-order valence-electron chi connectivity index (χ1n) is 7.67. The molecule has 1 saturated heterocycles. The smallest absolute Gasteiger partial charge is 0.0470 e. The van der Waals surface area contributed by atoms with Gasteiger partial charge in [-0.25, -0.2) is 0 Å². The second-order valence-corrected chi connectivity index (χ2v) is 5.98. The topological polar surface area (TPSA) is 29.3 Å². The summed E-state index contributed by atoms with van der Waals surface area (Å²) < 4.78 is 0. The van der Waals surface area contributed by atoms with E-state index in [1.54, 1.807) is 0 Å². The van der Waals surface area contributed by atoms with Crippen molar-refractivity contribution in [1.82, 2.24) is 4.90 Å². The highest BCUT2D eigenvalue weighted by Gasteiger charge is 2.24. The Morgan fingerprint density at radius 3 is 2.42 bits per heavy atom. The number of likely N-dealkylation sites (tertiary alicyclic amines) is 1. The molecule has 2 nitrogen and oxygen atoms in total. The molecule has 1 fully saturated rings. The quantitative estimate of drug-likeness (QED) is 0.898. The summed E-state index contributed by atoms with van der Waals surface area (Å²) in [5, 5.41) is 0. The first-order valence-corrected chi connectivity index (χ1v) is 7.67. The average Bonchev–Trinajstić information content (AvgIpc) is 2.44. The third-order valence-electron chi connectivity index (χ3n) is 4.81. The lowest BCUT2D eigenvalue weighted by Crippen LogP contribution is -2.39. The molecule has 2 N–H and O–H groups in total. The molecule has 1 aliphatic heterocycles. The van der Waals surface area contributed by atoms with Gasteiger partial charge in [0.15, 0.2) is 0 Å². The molecule has 0 bridgehead atoms. The predicted molar refractivity (Wildman–Crippen MR) is 82.3 cm³/mol. The molecular formula is C17H28N2. The van der Waals surface area contributed by atoms with Crippen LogP contribution < -0.4 is 5.73 Å². The van der Waals surface area contributed by atoms with Crippen molar-refractivity contribution in [2.24, 2.45) is 11.7 Å². The summed E-state index contributed by atoms with van der Waals surface area (Å²) in [6.45, 7) is 9.79. The molecule has 0 radical (unpaired) electrons. The molecule has 19 heavy (non-hydrogen) atoms. The molecule has 1 heterocycles. The second kappa shape index (κ2) is 6.53. The van der Waals surface area contributed by atoms with Crippen LogP contribution >= 0.6 is 0 Å². The third kappa shape index (κ3) is 3.37. The van der Waals surface area contributed by atoms with Crippen LogP contribution in [0.2, 0.25) is 0 Å². The van der Waals surface area contributed by atoms with Gasteiger partial charge in [-0.1, -0.05) is 31.5 Å². The molecule has 1 unspecified atom stereocenters. The Bertz CT molecular complexity index is 406. The SMILES string of the molecule is CCC1CCN(C(CN)c2ccc(C)c(C)c2)CC1. The Morgan fingerprint density at radius 2 is 1.89 bits per heavy atom. The van der Waals surface area contributed by atoms with Crippen LogP contribution in [0.15, 0.2) is 18.2 Å². The molecule has 1 atom stereocenters. The van der Waals surface area contributed by atoms with E-state index in [4.69, 9.17) is 5.73 Å². The van der Waals surface area contributed by atoms with Gasteiger partial charge in [0.25, 0.3) is 0 Å². The van der Waals surface area contributed by atoms with Crippen LogP contribution in [0.4, 0.5) is 0 Å². The molecule has 0 aromatic heterocycles. The van der Waals surface area contributed by atoms with Crippen molar-refractivity contribution in [2.75, 3.05) is 19.6 Å². The lowest BCUT2D eigenvalue weighted by Gasteiger charge is -2.37. The molecular weight excluding hydrogens is 232 g/mol. The number of rotatable bonds is 4. The summed E-state index contributed by atoms with van der Waals surface area (Å²) in [6, 6.07) is 7.20. The molecule has 0 amide bonds. The second-order valence-electron chi connectivity index (χ2n) is 5.98. The van der Waals surface area contributed by atoms with Crippen LogP contribution in [0.1, 0.15) is 48.9 Å². The summed E-state index contributed by atoms with van der Waals surface area (Å²) in [7, 11) is 0. The van der Waals surface area contributed by atoms with E-state index in [1.807, 2.05) is 0 Å². The fraction of sp³-hybridized carbons (Fsp3) is 0.647. The van der Waals surface area contributed by atoms with E-state index < -0.39 is 0 Å². The summed E-state index contributed by atoms with van der Waals surface area (Å²) in [5.41, 5.74) is 10.2. The maximum Gasteiger partial charge on any atom is 0.0470 e. The zero-order valence-electron chi connectivity index (χ0n) is 12.7. The highest BCUT2D eigenvalue weighted by molar-refractivity contribution is 5.32. The minimum absolute atomic E-state index is 0.400. The van der Waals surface area contributed by atoms with E-state index >= 15 is 0 Å². The normalized spacial score (nSPS) is 19.6. The van der Waals surface area contributed by atoms with E-state index in [9.17, 15) is 0 Å². The lowest BCUT2D eigenvalue weighted by molar-refractivity contribution is 0.134. The van der Waals surface area contributed by atoms with Crippen molar-refractivity contribution in [3.63, 3.8) is 0 Å². The fourth-order valence-corrected chi connectivity index (χ4v) is 3.14. The molecule has 0 spiro atoms. The molecule has 106 valence electrons. The van der Waals surface area contributed by atoms with Crippen LogP contribution in [-0.2, 0) is 0 Å². The first-order chi connectivity index (χ1) is 9.15. The van der Waals surface area contributed by atoms with Gasteiger partial charge in [0.05, 0.1) is 0 Å². The molecule has 1 aliphatic rings. The van der Waals surface area contributed by atoms with Gasteiger partial charge in [0, 0.05) is 12.6 Å². The highest BCUT2D eigenvalue weighted by Crippen LogP contribution is 2.28. The first kappa shape index (κ1) is 14.5. The van der Waals surface area contributed by atoms with Crippen molar-refractivity contribution in [2.45, 2.75) is 46.1 Å². The van der Waals surface area contributed by atoms with Gasteiger partial charge in [-0.15, -0.1) is 0 Å². The third-order valence-corrected chi connectivity index (χ3v) is 4.81. The maximum atomic E-state index is 6.05. The Morgan fingerprint density at radius 1 is 1.21 bits per heavy atom. The van der Waals surface area contributed by atoms with Crippen molar-refractivity contribution >= 4 is 0 Å². The number of aryl methyl sites for hydroxylation is 2.